The number of benzene rings is 1. The van der Waals surface area contributed by atoms with E-state index in [1.54, 1.807) is 6.07 Å². The molecule has 2 rings (SSSR count). The quantitative estimate of drug-likeness (QED) is 0.879. The van der Waals surface area contributed by atoms with Gasteiger partial charge < -0.3 is 10.4 Å². The lowest BCUT2D eigenvalue weighted by atomic mass is 9.85. The third-order valence-electron chi connectivity index (χ3n) is 3.86. The summed E-state index contributed by atoms with van der Waals surface area (Å²) in [5.41, 5.74) is 0.900. The maximum Gasteiger partial charge on any atom is 0.306 e. The third-order valence-corrected chi connectivity index (χ3v) is 3.86. The molecule has 1 aromatic rings. The maximum atomic E-state index is 13.2. The molecule has 1 aromatic carbocycles. The zero-order valence-electron chi connectivity index (χ0n) is 11.1. The molecule has 0 aromatic heterocycles. The van der Waals surface area contributed by atoms with E-state index in [0.29, 0.717) is 6.42 Å². The molecule has 1 saturated carbocycles. The maximum absolute atomic E-state index is 13.2. The van der Waals surface area contributed by atoms with Gasteiger partial charge in [-0.3, -0.25) is 4.79 Å². The monoisotopic (exact) mass is 265 g/mol. The van der Waals surface area contributed by atoms with Crippen LogP contribution >= 0.6 is 0 Å². The van der Waals surface area contributed by atoms with Gasteiger partial charge in [-0.1, -0.05) is 18.6 Å². The van der Waals surface area contributed by atoms with Gasteiger partial charge in [0.2, 0.25) is 0 Å². The van der Waals surface area contributed by atoms with Gasteiger partial charge in [0.25, 0.3) is 0 Å². The van der Waals surface area contributed by atoms with Crippen LogP contribution in [0.15, 0.2) is 24.3 Å². The molecule has 4 heteroatoms. The van der Waals surface area contributed by atoms with Crippen LogP contribution in [-0.2, 0) is 4.79 Å². The Hall–Kier alpha value is -1.42. The average molecular weight is 265 g/mol. The van der Waals surface area contributed by atoms with Crippen molar-refractivity contribution in [3.8, 4) is 0 Å². The van der Waals surface area contributed by atoms with E-state index in [2.05, 4.69) is 5.32 Å². The predicted octanol–water partition coefficient (Wildman–Crippen LogP) is 3.12. The molecule has 2 N–H and O–H groups in total. The summed E-state index contributed by atoms with van der Waals surface area (Å²) in [6.07, 6.45) is 3.35. The Morgan fingerprint density at radius 2 is 2.26 bits per heavy atom. The van der Waals surface area contributed by atoms with Crippen LogP contribution in [0.3, 0.4) is 0 Å². The number of carbonyl (C=O) groups is 1. The molecular weight excluding hydrogens is 245 g/mol. The van der Waals surface area contributed by atoms with Crippen molar-refractivity contribution in [3.63, 3.8) is 0 Å². The van der Waals surface area contributed by atoms with E-state index in [1.165, 1.54) is 12.1 Å². The van der Waals surface area contributed by atoms with E-state index in [4.69, 9.17) is 5.11 Å². The molecule has 3 nitrogen and oxygen atoms in total. The molecule has 0 saturated heterocycles. The normalized spacial score (nSPS) is 24.9. The molecular formula is C15H20FNO2. The number of halogens is 1. The number of nitrogens with one attached hydrogen (secondary N) is 1. The number of carboxylic acid groups (broad SMARTS) is 1. The molecule has 0 radical (unpaired) electrons. The van der Waals surface area contributed by atoms with E-state index in [0.717, 1.165) is 24.8 Å². The molecule has 0 heterocycles. The van der Waals surface area contributed by atoms with Gasteiger partial charge in [0.1, 0.15) is 5.82 Å². The van der Waals surface area contributed by atoms with Gasteiger partial charge in [0.05, 0.1) is 5.92 Å². The summed E-state index contributed by atoms with van der Waals surface area (Å²) in [5.74, 6) is -1.19. The first-order chi connectivity index (χ1) is 9.06. The van der Waals surface area contributed by atoms with Crippen LogP contribution in [0.4, 0.5) is 4.39 Å². The highest BCUT2D eigenvalue weighted by Crippen LogP contribution is 2.26. The second kappa shape index (κ2) is 6.15. The first-order valence-electron chi connectivity index (χ1n) is 6.80. The van der Waals surface area contributed by atoms with E-state index < -0.39 is 5.97 Å². The highest BCUT2D eigenvalue weighted by atomic mass is 19.1. The number of rotatable bonds is 4. The van der Waals surface area contributed by atoms with Crippen molar-refractivity contribution in [2.75, 3.05) is 0 Å². The van der Waals surface area contributed by atoms with Gasteiger partial charge in [-0.05, 0) is 43.9 Å². The van der Waals surface area contributed by atoms with Crippen molar-refractivity contribution in [3.05, 3.63) is 35.6 Å². The SMILES string of the molecule is C[C@H](NC1CCCC(C(=O)O)C1)c1cccc(F)c1. The number of hydrogen-bond acceptors (Lipinski definition) is 2. The van der Waals surface area contributed by atoms with Crippen LogP contribution in [0.2, 0.25) is 0 Å². The zero-order valence-corrected chi connectivity index (χ0v) is 11.1. The van der Waals surface area contributed by atoms with Crippen molar-refractivity contribution in [2.45, 2.75) is 44.7 Å². The Morgan fingerprint density at radius 3 is 2.95 bits per heavy atom. The molecule has 0 aliphatic heterocycles. The minimum absolute atomic E-state index is 0.0354. The van der Waals surface area contributed by atoms with Crippen molar-refractivity contribution >= 4 is 5.97 Å². The van der Waals surface area contributed by atoms with Crippen molar-refractivity contribution < 1.29 is 14.3 Å². The van der Waals surface area contributed by atoms with Crippen LogP contribution < -0.4 is 5.32 Å². The van der Waals surface area contributed by atoms with Gasteiger partial charge in [0, 0.05) is 12.1 Å². The number of carboxylic acids is 1. The number of hydrogen-bond donors (Lipinski definition) is 2. The Bertz CT molecular complexity index is 450. The Morgan fingerprint density at radius 1 is 1.47 bits per heavy atom. The first-order valence-corrected chi connectivity index (χ1v) is 6.80. The fourth-order valence-electron chi connectivity index (χ4n) is 2.79. The van der Waals surface area contributed by atoms with E-state index >= 15 is 0 Å². The summed E-state index contributed by atoms with van der Waals surface area (Å²) < 4.78 is 13.2. The smallest absolute Gasteiger partial charge is 0.306 e. The van der Waals surface area contributed by atoms with Gasteiger partial charge in [-0.15, -0.1) is 0 Å². The zero-order chi connectivity index (χ0) is 13.8. The summed E-state index contributed by atoms with van der Waals surface area (Å²) in [4.78, 5) is 11.0. The first kappa shape index (κ1) is 14.0. The molecule has 1 fully saturated rings. The Kier molecular flexibility index (Phi) is 4.53. The predicted molar refractivity (Wildman–Crippen MR) is 71.3 cm³/mol. The molecule has 0 amide bonds. The van der Waals surface area contributed by atoms with Gasteiger partial charge in [-0.2, -0.15) is 0 Å². The lowest BCUT2D eigenvalue weighted by Crippen LogP contribution is -2.37. The molecule has 19 heavy (non-hydrogen) atoms. The summed E-state index contributed by atoms with van der Waals surface area (Å²) in [6.45, 7) is 1.99. The van der Waals surface area contributed by atoms with Crippen LogP contribution in [0, 0.1) is 11.7 Å². The van der Waals surface area contributed by atoms with Crippen LogP contribution in [0.1, 0.15) is 44.2 Å². The Balaban J connectivity index is 1.95. The second-order valence-electron chi connectivity index (χ2n) is 5.34. The summed E-state index contributed by atoms with van der Waals surface area (Å²) in [6, 6.07) is 6.77. The topological polar surface area (TPSA) is 49.3 Å². The van der Waals surface area contributed by atoms with Crippen molar-refractivity contribution in [2.24, 2.45) is 5.92 Å². The molecule has 1 aliphatic carbocycles. The minimum Gasteiger partial charge on any atom is -0.481 e. The highest BCUT2D eigenvalue weighted by Gasteiger charge is 2.27. The molecule has 0 spiro atoms. The third kappa shape index (κ3) is 3.77. The largest absolute Gasteiger partial charge is 0.481 e. The van der Waals surface area contributed by atoms with Gasteiger partial charge in [0.15, 0.2) is 0 Å². The lowest BCUT2D eigenvalue weighted by molar-refractivity contribution is -0.143. The van der Waals surface area contributed by atoms with Gasteiger partial charge in [-0.25, -0.2) is 4.39 Å². The van der Waals surface area contributed by atoms with Crippen LogP contribution in [-0.4, -0.2) is 17.1 Å². The molecule has 1 aliphatic rings. The standard InChI is InChI=1S/C15H20FNO2/c1-10(11-4-2-6-13(16)8-11)17-14-7-3-5-12(9-14)15(18)19/h2,4,6,8,10,12,14,17H,3,5,7,9H2,1H3,(H,18,19)/t10-,12?,14?/m0/s1. The fourth-order valence-corrected chi connectivity index (χ4v) is 2.79. The summed E-state index contributed by atoms with van der Waals surface area (Å²) >= 11 is 0. The molecule has 3 atom stereocenters. The minimum atomic E-state index is -0.704. The highest BCUT2D eigenvalue weighted by molar-refractivity contribution is 5.70. The van der Waals surface area contributed by atoms with E-state index in [1.807, 2.05) is 13.0 Å². The molecule has 2 unspecified atom stereocenters. The van der Waals surface area contributed by atoms with E-state index in [9.17, 15) is 9.18 Å². The van der Waals surface area contributed by atoms with Crippen LogP contribution in [0.5, 0.6) is 0 Å². The van der Waals surface area contributed by atoms with Crippen LogP contribution in [0.25, 0.3) is 0 Å². The molecule has 104 valence electrons. The average Bonchev–Trinajstić information content (AvgIpc) is 2.39. The van der Waals surface area contributed by atoms with E-state index in [-0.39, 0.29) is 23.8 Å². The van der Waals surface area contributed by atoms with Crippen molar-refractivity contribution in [1.29, 1.82) is 0 Å². The summed E-state index contributed by atoms with van der Waals surface area (Å²) in [7, 11) is 0. The number of aliphatic carboxylic acids is 1. The summed E-state index contributed by atoms with van der Waals surface area (Å²) in [5, 5.41) is 12.5. The Labute approximate surface area is 112 Å². The second-order valence-corrected chi connectivity index (χ2v) is 5.34. The lowest BCUT2D eigenvalue weighted by Gasteiger charge is -2.30. The molecule has 0 bridgehead atoms. The van der Waals surface area contributed by atoms with Crippen molar-refractivity contribution in [1.82, 2.24) is 5.32 Å². The fraction of sp³-hybridized carbons (Fsp3) is 0.533. The van der Waals surface area contributed by atoms with Gasteiger partial charge >= 0.3 is 5.97 Å².